The van der Waals surface area contributed by atoms with Crippen molar-refractivity contribution in [2.45, 2.75) is 12.5 Å². The first kappa shape index (κ1) is 20.0. The number of H-pyrrole nitrogens is 1. The van der Waals surface area contributed by atoms with Gasteiger partial charge >= 0.3 is 0 Å². The molecule has 5 rings (SSSR count). The molecule has 1 amide bonds. The molecule has 2 N–H and O–H groups in total. The van der Waals surface area contributed by atoms with Gasteiger partial charge in [-0.3, -0.25) is 14.7 Å². The second-order valence-corrected chi connectivity index (χ2v) is 7.54. The Kier molecular flexibility index (Phi) is 5.20. The summed E-state index contributed by atoms with van der Waals surface area (Å²) in [5.74, 6) is 0.275. The van der Waals surface area contributed by atoms with E-state index < -0.39 is 0 Å². The highest BCUT2D eigenvalue weighted by atomic mass is 16.7. The van der Waals surface area contributed by atoms with E-state index in [-0.39, 0.29) is 11.9 Å². The number of hydrogen-bond acceptors (Lipinski definition) is 6. The SMILES string of the molecule is CNC(=O)c1n[nH]c2cc(-c3cnc(OC)c(N4OCC[C@H]4c4ccccc4)c3)ccc12. The van der Waals surface area contributed by atoms with Crippen molar-refractivity contribution in [3.63, 3.8) is 0 Å². The number of benzene rings is 2. The van der Waals surface area contributed by atoms with Crippen LogP contribution in [0.25, 0.3) is 22.0 Å². The first-order chi connectivity index (χ1) is 15.7. The lowest BCUT2D eigenvalue weighted by atomic mass is 10.0. The van der Waals surface area contributed by atoms with Crippen molar-refractivity contribution in [3.8, 4) is 17.0 Å². The van der Waals surface area contributed by atoms with Gasteiger partial charge in [-0.05, 0) is 29.3 Å². The average Bonchev–Trinajstić information content (AvgIpc) is 3.50. The number of fused-ring (bicyclic) bond motifs is 1. The van der Waals surface area contributed by atoms with E-state index in [4.69, 9.17) is 9.57 Å². The van der Waals surface area contributed by atoms with E-state index in [1.54, 1.807) is 20.4 Å². The lowest BCUT2D eigenvalue weighted by molar-refractivity contribution is 0.0959. The third-order valence-corrected chi connectivity index (χ3v) is 5.69. The maximum absolute atomic E-state index is 12.0. The smallest absolute Gasteiger partial charge is 0.272 e. The molecule has 1 fully saturated rings. The molecule has 1 aliphatic rings. The van der Waals surface area contributed by atoms with E-state index in [2.05, 4.69) is 32.6 Å². The molecule has 162 valence electrons. The molecule has 8 nitrogen and oxygen atoms in total. The highest BCUT2D eigenvalue weighted by Crippen LogP contribution is 2.40. The van der Waals surface area contributed by atoms with Crippen LogP contribution in [0.1, 0.15) is 28.5 Å². The molecule has 0 bridgehead atoms. The normalized spacial score (nSPS) is 15.8. The molecule has 2 aromatic heterocycles. The number of amides is 1. The lowest BCUT2D eigenvalue weighted by Crippen LogP contribution is -2.22. The van der Waals surface area contributed by atoms with E-state index in [1.165, 1.54) is 5.56 Å². The standard InChI is InChI=1S/C24H23N5O3/c1-25-23(30)22-18-9-8-16(12-19(18)27-28-22)17-13-21(24(31-2)26-14-17)29-20(10-11-32-29)15-6-4-3-5-7-15/h3-9,12-14,20H,10-11H2,1-2H3,(H,25,30)(H,27,28)/t20-/m0/s1. The number of hydroxylamine groups is 1. The number of ether oxygens (including phenoxy) is 1. The molecule has 1 atom stereocenters. The number of carbonyl (C=O) groups excluding carboxylic acids is 1. The Morgan fingerprint density at radius 2 is 2.03 bits per heavy atom. The van der Waals surface area contributed by atoms with Crippen molar-refractivity contribution in [3.05, 3.63) is 72.1 Å². The van der Waals surface area contributed by atoms with Crippen LogP contribution in [0, 0.1) is 0 Å². The van der Waals surface area contributed by atoms with Gasteiger partial charge in [-0.25, -0.2) is 10.0 Å². The van der Waals surface area contributed by atoms with Crippen molar-refractivity contribution < 1.29 is 14.4 Å². The fraction of sp³-hybridized carbons (Fsp3) is 0.208. The summed E-state index contributed by atoms with van der Waals surface area (Å²) in [6.07, 6.45) is 2.65. The third-order valence-electron chi connectivity index (χ3n) is 5.69. The molecule has 0 saturated carbocycles. The van der Waals surface area contributed by atoms with E-state index in [9.17, 15) is 4.79 Å². The monoisotopic (exact) mass is 429 g/mol. The van der Waals surface area contributed by atoms with E-state index in [0.717, 1.165) is 34.1 Å². The summed E-state index contributed by atoms with van der Waals surface area (Å²) in [5, 5.41) is 12.4. The number of rotatable bonds is 5. The second kappa shape index (κ2) is 8.32. The molecule has 2 aromatic carbocycles. The van der Waals surface area contributed by atoms with E-state index in [1.807, 2.05) is 47.5 Å². The van der Waals surface area contributed by atoms with Gasteiger partial charge in [0.2, 0.25) is 5.88 Å². The van der Waals surface area contributed by atoms with Gasteiger partial charge in [-0.2, -0.15) is 5.10 Å². The fourth-order valence-electron chi connectivity index (χ4n) is 4.09. The Morgan fingerprint density at radius 1 is 1.19 bits per heavy atom. The molecule has 1 aliphatic heterocycles. The van der Waals surface area contributed by atoms with Crippen molar-refractivity contribution >= 4 is 22.5 Å². The van der Waals surface area contributed by atoms with Gasteiger partial charge in [0.1, 0.15) is 5.69 Å². The van der Waals surface area contributed by atoms with Crippen molar-refractivity contribution in [2.75, 3.05) is 25.8 Å². The lowest BCUT2D eigenvalue weighted by Gasteiger charge is -2.26. The minimum absolute atomic E-state index is 0.0763. The predicted octanol–water partition coefficient (Wildman–Crippen LogP) is 3.88. The van der Waals surface area contributed by atoms with Crippen molar-refractivity contribution in [2.24, 2.45) is 0 Å². The molecule has 0 spiro atoms. The molecule has 0 aliphatic carbocycles. The zero-order valence-corrected chi connectivity index (χ0v) is 17.8. The Labute approximate surface area is 185 Å². The number of methoxy groups -OCH3 is 1. The molecular formula is C24H23N5O3. The molecule has 3 heterocycles. The zero-order chi connectivity index (χ0) is 22.1. The van der Waals surface area contributed by atoms with E-state index in [0.29, 0.717) is 18.2 Å². The minimum atomic E-state index is -0.226. The summed E-state index contributed by atoms with van der Waals surface area (Å²) in [7, 11) is 3.20. The van der Waals surface area contributed by atoms with Crippen LogP contribution in [0.5, 0.6) is 5.88 Å². The van der Waals surface area contributed by atoms with Gasteiger partial charge in [0, 0.05) is 30.6 Å². The van der Waals surface area contributed by atoms with Crippen LogP contribution in [0.4, 0.5) is 5.69 Å². The highest BCUT2D eigenvalue weighted by Gasteiger charge is 2.30. The van der Waals surface area contributed by atoms with Gasteiger partial charge in [0.25, 0.3) is 5.91 Å². The van der Waals surface area contributed by atoms with Gasteiger partial charge in [-0.1, -0.05) is 36.4 Å². The van der Waals surface area contributed by atoms with Crippen LogP contribution in [-0.4, -0.2) is 41.9 Å². The zero-order valence-electron chi connectivity index (χ0n) is 17.8. The molecule has 0 unspecified atom stereocenters. The van der Waals surface area contributed by atoms with Crippen LogP contribution in [0.3, 0.4) is 0 Å². The van der Waals surface area contributed by atoms with Gasteiger partial charge < -0.3 is 10.1 Å². The molecule has 1 saturated heterocycles. The number of anilines is 1. The summed E-state index contributed by atoms with van der Waals surface area (Å²) in [4.78, 5) is 22.6. The Hall–Kier alpha value is -3.91. The Morgan fingerprint density at radius 3 is 2.81 bits per heavy atom. The van der Waals surface area contributed by atoms with Gasteiger partial charge in [0.15, 0.2) is 5.69 Å². The summed E-state index contributed by atoms with van der Waals surface area (Å²) >= 11 is 0. The topological polar surface area (TPSA) is 92.4 Å². The second-order valence-electron chi connectivity index (χ2n) is 7.54. The molecule has 8 heteroatoms. The summed E-state index contributed by atoms with van der Waals surface area (Å²) in [6.45, 7) is 0.620. The number of aromatic amines is 1. The average molecular weight is 429 g/mol. The first-order valence-electron chi connectivity index (χ1n) is 10.4. The molecule has 4 aromatic rings. The quantitative estimate of drug-likeness (QED) is 0.500. The first-order valence-corrected chi connectivity index (χ1v) is 10.4. The number of carbonyl (C=O) groups is 1. The van der Waals surface area contributed by atoms with Crippen LogP contribution in [-0.2, 0) is 4.84 Å². The summed E-state index contributed by atoms with van der Waals surface area (Å²) < 4.78 is 5.55. The number of hydrogen-bond donors (Lipinski definition) is 2. The largest absolute Gasteiger partial charge is 0.479 e. The van der Waals surface area contributed by atoms with Crippen molar-refractivity contribution in [1.82, 2.24) is 20.5 Å². The molecule has 0 radical (unpaired) electrons. The van der Waals surface area contributed by atoms with Crippen molar-refractivity contribution in [1.29, 1.82) is 0 Å². The summed E-state index contributed by atoms with van der Waals surface area (Å²) in [6, 6.07) is 18.2. The Bertz CT molecular complexity index is 1270. The maximum Gasteiger partial charge on any atom is 0.272 e. The Balaban J connectivity index is 1.54. The summed E-state index contributed by atoms with van der Waals surface area (Å²) in [5.41, 5.74) is 4.94. The number of nitrogens with one attached hydrogen (secondary N) is 2. The molecular weight excluding hydrogens is 406 g/mol. The minimum Gasteiger partial charge on any atom is -0.479 e. The highest BCUT2D eigenvalue weighted by molar-refractivity contribution is 6.05. The van der Waals surface area contributed by atoms with Crippen LogP contribution >= 0.6 is 0 Å². The number of pyridine rings is 1. The van der Waals surface area contributed by atoms with Crippen LogP contribution in [0.15, 0.2) is 60.8 Å². The maximum atomic E-state index is 12.0. The fourth-order valence-corrected chi connectivity index (χ4v) is 4.09. The third kappa shape index (κ3) is 3.44. The van der Waals surface area contributed by atoms with Gasteiger partial charge in [0.05, 0.1) is 25.3 Å². The van der Waals surface area contributed by atoms with Crippen LogP contribution < -0.4 is 15.1 Å². The van der Waals surface area contributed by atoms with Gasteiger partial charge in [-0.15, -0.1) is 0 Å². The van der Waals surface area contributed by atoms with E-state index >= 15 is 0 Å². The number of nitrogens with zero attached hydrogens (tertiary/aromatic N) is 3. The number of aromatic nitrogens is 3. The van der Waals surface area contributed by atoms with Crippen LogP contribution in [0.2, 0.25) is 0 Å². The predicted molar refractivity (Wildman–Crippen MR) is 121 cm³/mol. The molecule has 32 heavy (non-hydrogen) atoms.